The molecule has 2 fully saturated rings. The fourth-order valence-corrected chi connectivity index (χ4v) is 5.98. The third-order valence-corrected chi connectivity index (χ3v) is 7.90. The molecule has 11 heteroatoms. The van der Waals surface area contributed by atoms with Crippen LogP contribution in [-0.2, 0) is 30.3 Å². The van der Waals surface area contributed by atoms with Crippen LogP contribution in [0.2, 0.25) is 0 Å². The normalized spacial score (nSPS) is 31.7. The Balaban J connectivity index is 1.47. The summed E-state index contributed by atoms with van der Waals surface area (Å²) in [6.45, 7) is 2.20. The fraction of sp³-hybridized carbons (Fsp3) is 0.600. The molecule has 0 radical (unpaired) electrons. The molecular weight excluding hydrogens is 465 g/mol. The maximum absolute atomic E-state index is 12.5. The van der Waals surface area contributed by atoms with Gasteiger partial charge in [0.25, 0.3) is 10.1 Å². The lowest BCUT2D eigenvalue weighted by Crippen LogP contribution is -2.50. The van der Waals surface area contributed by atoms with Crippen LogP contribution in [0.5, 0.6) is 0 Å². The molecule has 31 heavy (non-hydrogen) atoms. The first kappa shape index (κ1) is 22.9. The number of aryl methyl sites for hydroxylation is 1. The number of halogens is 2. The topological polar surface area (TPSA) is 92.5 Å². The van der Waals surface area contributed by atoms with Crippen LogP contribution in [0.3, 0.4) is 0 Å². The lowest BCUT2D eigenvalue weighted by atomic mass is 9.82. The number of aromatic nitrogens is 3. The molecule has 1 saturated heterocycles. The standard InChI is InChI=1S/C20H25Cl2N3O5S/c1-14-2-5-17(6-3-14)31(26,27)29-10-16-9-28-20(30-16,11-25-13-23-12-24-25)18-7-4-15(21)8-19(18)22/h2-3,5-6,12-13,15-16,18-19H,4,7-11H2,1H3/t15?,16-,18-,19?,20+/m1/s1. The van der Waals surface area contributed by atoms with E-state index in [2.05, 4.69) is 10.1 Å². The number of alkyl halides is 2. The van der Waals surface area contributed by atoms with Gasteiger partial charge < -0.3 is 9.47 Å². The Morgan fingerprint density at radius 3 is 2.71 bits per heavy atom. The number of hydrogen-bond acceptors (Lipinski definition) is 7. The second kappa shape index (κ2) is 9.33. The molecule has 4 rings (SSSR count). The van der Waals surface area contributed by atoms with Gasteiger partial charge in [0.1, 0.15) is 18.8 Å². The Morgan fingerprint density at radius 1 is 1.26 bits per heavy atom. The Labute approximate surface area is 191 Å². The molecule has 1 aromatic carbocycles. The van der Waals surface area contributed by atoms with Crippen LogP contribution >= 0.6 is 23.2 Å². The van der Waals surface area contributed by atoms with Gasteiger partial charge in [0, 0.05) is 16.7 Å². The molecule has 1 aromatic heterocycles. The number of nitrogens with zero attached hydrogens (tertiary/aromatic N) is 3. The van der Waals surface area contributed by atoms with Crippen molar-refractivity contribution >= 4 is 33.3 Å². The Bertz CT molecular complexity index is 973. The molecule has 0 bridgehead atoms. The van der Waals surface area contributed by atoms with Crippen molar-refractivity contribution in [3.05, 3.63) is 42.5 Å². The Kier molecular flexibility index (Phi) is 6.90. The Hall–Kier alpha value is -1.23. The van der Waals surface area contributed by atoms with E-state index in [1.807, 2.05) is 6.92 Å². The molecule has 2 unspecified atom stereocenters. The SMILES string of the molecule is Cc1ccc(S(=O)(=O)OC[C@H]2CO[C@](Cn3cncn3)([C@@H]3CCC(Cl)CC3Cl)O2)cc1. The summed E-state index contributed by atoms with van der Waals surface area (Å²) in [6.07, 6.45) is 4.61. The maximum atomic E-state index is 12.5. The van der Waals surface area contributed by atoms with Crippen LogP contribution in [0.15, 0.2) is 41.8 Å². The van der Waals surface area contributed by atoms with Crippen LogP contribution in [0.1, 0.15) is 24.8 Å². The van der Waals surface area contributed by atoms with Gasteiger partial charge in [0.05, 0.1) is 24.7 Å². The average molecular weight is 490 g/mol. The minimum Gasteiger partial charge on any atom is -0.345 e. The highest BCUT2D eigenvalue weighted by Gasteiger charge is 2.52. The second-order valence-electron chi connectivity index (χ2n) is 8.04. The number of rotatable bonds is 7. The van der Waals surface area contributed by atoms with Gasteiger partial charge in [-0.3, -0.25) is 4.18 Å². The van der Waals surface area contributed by atoms with Gasteiger partial charge in [-0.05, 0) is 38.3 Å². The summed E-state index contributed by atoms with van der Waals surface area (Å²) in [7, 11) is -3.90. The molecule has 170 valence electrons. The van der Waals surface area contributed by atoms with E-state index < -0.39 is 22.0 Å². The quantitative estimate of drug-likeness (QED) is 0.435. The van der Waals surface area contributed by atoms with Crippen molar-refractivity contribution in [2.75, 3.05) is 13.2 Å². The van der Waals surface area contributed by atoms with Crippen LogP contribution in [0.25, 0.3) is 0 Å². The highest BCUT2D eigenvalue weighted by atomic mass is 35.5. The molecule has 2 heterocycles. The lowest BCUT2D eigenvalue weighted by molar-refractivity contribution is -0.221. The highest BCUT2D eigenvalue weighted by molar-refractivity contribution is 7.86. The molecule has 1 saturated carbocycles. The maximum Gasteiger partial charge on any atom is 0.297 e. The smallest absolute Gasteiger partial charge is 0.297 e. The summed E-state index contributed by atoms with van der Waals surface area (Å²) in [4.78, 5) is 4.09. The molecule has 0 amide bonds. The van der Waals surface area contributed by atoms with Crippen LogP contribution in [0.4, 0.5) is 0 Å². The van der Waals surface area contributed by atoms with Crippen molar-refractivity contribution in [2.24, 2.45) is 5.92 Å². The first-order chi connectivity index (χ1) is 14.8. The van der Waals surface area contributed by atoms with Crippen molar-refractivity contribution in [3.63, 3.8) is 0 Å². The summed E-state index contributed by atoms with van der Waals surface area (Å²) in [5.74, 6) is -1.19. The van der Waals surface area contributed by atoms with Gasteiger partial charge in [-0.2, -0.15) is 13.5 Å². The zero-order valence-corrected chi connectivity index (χ0v) is 19.4. The number of ether oxygens (including phenoxy) is 2. The molecular formula is C20H25Cl2N3O5S. The third kappa shape index (κ3) is 5.23. The van der Waals surface area contributed by atoms with Gasteiger partial charge >= 0.3 is 0 Å². The highest BCUT2D eigenvalue weighted by Crippen LogP contribution is 2.44. The summed E-state index contributed by atoms with van der Waals surface area (Å²) in [6, 6.07) is 6.49. The largest absolute Gasteiger partial charge is 0.345 e. The fourth-order valence-electron chi connectivity index (χ4n) is 4.10. The van der Waals surface area contributed by atoms with Gasteiger partial charge in [-0.25, -0.2) is 9.67 Å². The van der Waals surface area contributed by atoms with Crippen molar-refractivity contribution in [1.82, 2.24) is 14.8 Å². The minimum absolute atomic E-state index is 0.0161. The summed E-state index contributed by atoms with van der Waals surface area (Å²) >= 11 is 12.9. The first-order valence-corrected chi connectivity index (χ1v) is 12.4. The lowest BCUT2D eigenvalue weighted by Gasteiger charge is -2.41. The molecule has 5 atom stereocenters. The number of hydrogen-bond donors (Lipinski definition) is 0. The number of benzene rings is 1. The van der Waals surface area contributed by atoms with Gasteiger partial charge in [0.15, 0.2) is 5.79 Å². The van der Waals surface area contributed by atoms with E-state index in [0.717, 1.165) is 18.4 Å². The third-order valence-electron chi connectivity index (χ3n) is 5.72. The molecule has 0 spiro atoms. The van der Waals surface area contributed by atoms with Crippen LogP contribution < -0.4 is 0 Å². The molecule has 1 aliphatic carbocycles. The molecule has 2 aliphatic rings. The molecule has 0 N–H and O–H groups in total. The Morgan fingerprint density at radius 2 is 2.03 bits per heavy atom. The predicted octanol–water partition coefficient (Wildman–Crippen LogP) is 3.12. The van der Waals surface area contributed by atoms with Crippen molar-refractivity contribution in [1.29, 1.82) is 0 Å². The van der Waals surface area contributed by atoms with E-state index in [0.29, 0.717) is 6.42 Å². The second-order valence-corrected chi connectivity index (χ2v) is 10.8. The molecule has 2 aromatic rings. The van der Waals surface area contributed by atoms with E-state index in [1.165, 1.54) is 18.5 Å². The first-order valence-electron chi connectivity index (χ1n) is 10.2. The van der Waals surface area contributed by atoms with E-state index in [-0.39, 0.29) is 41.3 Å². The van der Waals surface area contributed by atoms with Crippen LogP contribution in [-0.4, -0.2) is 59.0 Å². The molecule has 8 nitrogen and oxygen atoms in total. The minimum atomic E-state index is -3.90. The molecule has 1 aliphatic heterocycles. The van der Waals surface area contributed by atoms with Crippen molar-refractivity contribution in [3.8, 4) is 0 Å². The van der Waals surface area contributed by atoms with Gasteiger partial charge in [0.2, 0.25) is 0 Å². The summed E-state index contributed by atoms with van der Waals surface area (Å²) < 4.78 is 44.4. The monoisotopic (exact) mass is 489 g/mol. The van der Waals surface area contributed by atoms with Crippen LogP contribution in [0, 0.1) is 12.8 Å². The van der Waals surface area contributed by atoms with Crippen molar-refractivity contribution in [2.45, 2.75) is 60.3 Å². The zero-order chi connectivity index (χ0) is 22.1. The van der Waals surface area contributed by atoms with E-state index in [4.69, 9.17) is 36.9 Å². The van der Waals surface area contributed by atoms with Gasteiger partial charge in [-0.1, -0.05) is 17.7 Å². The zero-order valence-electron chi connectivity index (χ0n) is 17.1. The van der Waals surface area contributed by atoms with Crippen molar-refractivity contribution < 1.29 is 22.1 Å². The van der Waals surface area contributed by atoms with Gasteiger partial charge in [-0.15, -0.1) is 23.2 Å². The van der Waals surface area contributed by atoms with E-state index in [9.17, 15) is 8.42 Å². The average Bonchev–Trinajstić information content (AvgIpc) is 3.38. The van der Waals surface area contributed by atoms with E-state index >= 15 is 0 Å². The summed E-state index contributed by atoms with van der Waals surface area (Å²) in [5, 5.41) is 3.94. The predicted molar refractivity (Wildman–Crippen MR) is 115 cm³/mol. The summed E-state index contributed by atoms with van der Waals surface area (Å²) in [5.41, 5.74) is 0.965. The van der Waals surface area contributed by atoms with E-state index in [1.54, 1.807) is 23.1 Å².